The van der Waals surface area contributed by atoms with Crippen LogP contribution in [0, 0.1) is 0 Å². The second-order valence-corrected chi connectivity index (χ2v) is 7.91. The smallest absolute Gasteiger partial charge is 0.258 e. The minimum absolute atomic E-state index is 0.0106. The number of fused-ring (bicyclic) bond motifs is 1. The van der Waals surface area contributed by atoms with Crippen LogP contribution in [-0.4, -0.2) is 47.0 Å². The summed E-state index contributed by atoms with van der Waals surface area (Å²) < 4.78 is 6.08. The molecule has 0 saturated carbocycles. The van der Waals surface area contributed by atoms with Gasteiger partial charge in [-0.05, 0) is 32.9 Å². The summed E-state index contributed by atoms with van der Waals surface area (Å²) in [6.45, 7) is 6.04. The van der Waals surface area contributed by atoms with Gasteiger partial charge in [0, 0.05) is 31.3 Å². The average molecular weight is 359 g/mol. The molecule has 0 bridgehead atoms. The number of hydrogen-bond acceptors (Lipinski definition) is 4. The Morgan fingerprint density at radius 3 is 2.73 bits per heavy atom. The van der Waals surface area contributed by atoms with E-state index in [4.69, 9.17) is 4.74 Å². The highest BCUT2D eigenvalue weighted by atomic mass is 16.5. The Labute approximate surface area is 153 Å². The first-order valence-corrected chi connectivity index (χ1v) is 8.87. The molecule has 1 fully saturated rings. The van der Waals surface area contributed by atoms with Crippen LogP contribution in [0.5, 0.6) is 5.75 Å². The number of hydrogen-bond donors (Lipinski definition) is 2. The fourth-order valence-electron chi connectivity index (χ4n) is 3.31. The minimum atomic E-state index is -0.906. The number of rotatable bonds is 2. The van der Waals surface area contributed by atoms with Crippen molar-refractivity contribution in [3.63, 3.8) is 0 Å². The highest BCUT2D eigenvalue weighted by Gasteiger charge is 2.42. The van der Waals surface area contributed by atoms with Crippen molar-refractivity contribution in [1.82, 2.24) is 15.5 Å². The lowest BCUT2D eigenvalue weighted by atomic mass is 10.0. The van der Waals surface area contributed by atoms with E-state index in [0.29, 0.717) is 30.7 Å². The van der Waals surface area contributed by atoms with Crippen molar-refractivity contribution < 1.29 is 19.1 Å². The predicted molar refractivity (Wildman–Crippen MR) is 95.6 cm³/mol. The molecule has 0 radical (unpaired) electrons. The Bertz CT molecular complexity index is 741. The summed E-state index contributed by atoms with van der Waals surface area (Å²) in [4.78, 5) is 38.6. The van der Waals surface area contributed by atoms with E-state index >= 15 is 0 Å². The van der Waals surface area contributed by atoms with E-state index in [1.807, 2.05) is 26.8 Å². The normalized spacial score (nSPS) is 23.0. The molecule has 2 aliphatic heterocycles. The van der Waals surface area contributed by atoms with Gasteiger partial charge in [0.2, 0.25) is 11.8 Å². The maximum absolute atomic E-state index is 12.4. The fraction of sp³-hybridized carbons (Fsp3) is 0.526. The summed E-state index contributed by atoms with van der Waals surface area (Å²) in [6, 6.07) is 7.07. The van der Waals surface area contributed by atoms with Crippen LogP contribution in [0.4, 0.5) is 0 Å². The van der Waals surface area contributed by atoms with Crippen LogP contribution in [-0.2, 0) is 9.59 Å². The first-order valence-electron chi connectivity index (χ1n) is 8.87. The molecule has 2 heterocycles. The number of nitrogens with one attached hydrogen (secondary N) is 2. The van der Waals surface area contributed by atoms with Crippen molar-refractivity contribution in [2.45, 2.75) is 51.3 Å². The molecular formula is C19H25N3O4. The van der Waals surface area contributed by atoms with Crippen LogP contribution < -0.4 is 15.4 Å². The minimum Gasteiger partial charge on any atom is -0.467 e. The van der Waals surface area contributed by atoms with Crippen molar-refractivity contribution in [2.75, 3.05) is 13.1 Å². The monoisotopic (exact) mass is 359 g/mol. The summed E-state index contributed by atoms with van der Waals surface area (Å²) >= 11 is 0. The number of carbonyl (C=O) groups is 3. The van der Waals surface area contributed by atoms with E-state index in [0.717, 1.165) is 0 Å². The molecule has 7 heteroatoms. The molecule has 1 atom stereocenters. The van der Waals surface area contributed by atoms with E-state index in [1.165, 1.54) is 4.90 Å². The summed E-state index contributed by atoms with van der Waals surface area (Å²) in [5.41, 5.74) is -0.761. The highest BCUT2D eigenvalue weighted by Crippen LogP contribution is 2.33. The zero-order valence-corrected chi connectivity index (χ0v) is 15.4. The average Bonchev–Trinajstić information content (AvgIpc) is 2.67. The topological polar surface area (TPSA) is 87.7 Å². The molecular weight excluding hydrogens is 334 g/mol. The fourth-order valence-corrected chi connectivity index (χ4v) is 3.31. The van der Waals surface area contributed by atoms with Crippen LogP contribution in [0.25, 0.3) is 0 Å². The van der Waals surface area contributed by atoms with Gasteiger partial charge in [0.25, 0.3) is 5.91 Å². The van der Waals surface area contributed by atoms with E-state index in [9.17, 15) is 14.4 Å². The SMILES string of the molecule is CC(C)(C)NC(=O)CN1CCC2(CCC1=O)NC(=O)c1ccccc1O2. The van der Waals surface area contributed by atoms with Crippen molar-refractivity contribution in [3.05, 3.63) is 29.8 Å². The number of benzene rings is 1. The first kappa shape index (κ1) is 18.2. The third-order valence-corrected chi connectivity index (χ3v) is 4.51. The molecule has 140 valence electrons. The van der Waals surface area contributed by atoms with Gasteiger partial charge in [-0.3, -0.25) is 14.4 Å². The van der Waals surface area contributed by atoms with Gasteiger partial charge < -0.3 is 20.3 Å². The van der Waals surface area contributed by atoms with Gasteiger partial charge in [-0.25, -0.2) is 0 Å². The molecule has 1 aromatic carbocycles. The van der Waals surface area contributed by atoms with Gasteiger partial charge in [-0.15, -0.1) is 0 Å². The largest absolute Gasteiger partial charge is 0.467 e. The van der Waals surface area contributed by atoms with Gasteiger partial charge in [-0.2, -0.15) is 0 Å². The molecule has 2 N–H and O–H groups in total. The van der Waals surface area contributed by atoms with Crippen molar-refractivity contribution in [3.8, 4) is 5.75 Å². The summed E-state index contributed by atoms with van der Waals surface area (Å²) in [5.74, 6) is 0.0317. The zero-order valence-electron chi connectivity index (χ0n) is 15.4. The predicted octanol–water partition coefficient (Wildman–Crippen LogP) is 1.43. The molecule has 1 aromatic rings. The Balaban J connectivity index is 1.71. The highest BCUT2D eigenvalue weighted by molar-refractivity contribution is 5.98. The molecule has 1 unspecified atom stereocenters. The van der Waals surface area contributed by atoms with Crippen molar-refractivity contribution >= 4 is 17.7 Å². The number of likely N-dealkylation sites (tertiary alicyclic amines) is 1. The second kappa shape index (κ2) is 6.63. The van der Waals surface area contributed by atoms with Crippen molar-refractivity contribution in [1.29, 1.82) is 0 Å². The van der Waals surface area contributed by atoms with Crippen LogP contribution in [0.2, 0.25) is 0 Å². The molecule has 7 nitrogen and oxygen atoms in total. The van der Waals surface area contributed by atoms with Gasteiger partial charge in [0.05, 0.1) is 12.1 Å². The van der Waals surface area contributed by atoms with Gasteiger partial charge >= 0.3 is 0 Å². The Morgan fingerprint density at radius 1 is 1.27 bits per heavy atom. The number of amides is 3. The summed E-state index contributed by atoms with van der Waals surface area (Å²) in [6.07, 6.45) is 1.02. The molecule has 26 heavy (non-hydrogen) atoms. The van der Waals surface area contributed by atoms with E-state index in [2.05, 4.69) is 10.6 Å². The lowest BCUT2D eigenvalue weighted by Crippen LogP contribution is -2.56. The van der Waals surface area contributed by atoms with Crippen molar-refractivity contribution in [2.24, 2.45) is 0 Å². The molecule has 0 aromatic heterocycles. The van der Waals surface area contributed by atoms with Crippen LogP contribution in [0.3, 0.4) is 0 Å². The molecule has 0 aliphatic carbocycles. The van der Waals surface area contributed by atoms with Crippen LogP contribution >= 0.6 is 0 Å². The Morgan fingerprint density at radius 2 is 2.00 bits per heavy atom. The van der Waals surface area contributed by atoms with Gasteiger partial charge in [0.1, 0.15) is 5.75 Å². The summed E-state index contributed by atoms with van der Waals surface area (Å²) in [5, 5.41) is 5.78. The molecule has 1 saturated heterocycles. The number of carbonyl (C=O) groups excluding carboxylic acids is 3. The maximum atomic E-state index is 12.4. The molecule has 3 amide bonds. The third-order valence-electron chi connectivity index (χ3n) is 4.51. The zero-order chi connectivity index (χ0) is 18.9. The standard InChI is InChI=1S/C19H25N3O4/c1-18(2,3)20-15(23)12-22-11-10-19(9-8-16(22)24)21-17(25)13-6-4-5-7-14(13)26-19/h4-7H,8-12H2,1-3H3,(H,20,23)(H,21,25). The van der Waals surface area contributed by atoms with Crippen LogP contribution in [0.15, 0.2) is 24.3 Å². The number of ether oxygens (including phenoxy) is 1. The number of para-hydroxylation sites is 1. The summed E-state index contributed by atoms with van der Waals surface area (Å²) in [7, 11) is 0. The first-order chi connectivity index (χ1) is 12.2. The van der Waals surface area contributed by atoms with E-state index < -0.39 is 5.72 Å². The number of nitrogens with zero attached hydrogens (tertiary/aromatic N) is 1. The molecule has 2 aliphatic rings. The molecule has 1 spiro atoms. The Hall–Kier alpha value is -2.57. The van der Waals surface area contributed by atoms with Gasteiger partial charge in [-0.1, -0.05) is 12.1 Å². The lowest BCUT2D eigenvalue weighted by Gasteiger charge is -2.38. The maximum Gasteiger partial charge on any atom is 0.258 e. The van der Waals surface area contributed by atoms with Gasteiger partial charge in [0.15, 0.2) is 5.72 Å². The van der Waals surface area contributed by atoms with E-state index in [1.54, 1.807) is 18.2 Å². The van der Waals surface area contributed by atoms with E-state index in [-0.39, 0.29) is 36.2 Å². The lowest BCUT2D eigenvalue weighted by molar-refractivity contribution is -0.136. The third kappa shape index (κ3) is 3.98. The quantitative estimate of drug-likeness (QED) is 0.836. The second-order valence-electron chi connectivity index (χ2n) is 7.91. The molecule has 3 rings (SSSR count). The van der Waals surface area contributed by atoms with Crippen LogP contribution in [0.1, 0.15) is 50.4 Å². The Kier molecular flexibility index (Phi) is 4.64.